The van der Waals surface area contributed by atoms with E-state index in [1.54, 1.807) is 7.05 Å². The molecule has 1 saturated heterocycles. The Morgan fingerprint density at radius 2 is 2.20 bits per heavy atom. The maximum absolute atomic E-state index is 9.31. The zero-order valence-electron chi connectivity index (χ0n) is 12.3. The molecule has 2 rings (SSSR count). The Kier molecular flexibility index (Phi) is 4.94. The molecule has 0 aromatic carbocycles. The second-order valence-corrected chi connectivity index (χ2v) is 5.30. The molecule has 0 aliphatic carbocycles. The van der Waals surface area contributed by atoms with Crippen molar-refractivity contribution in [2.45, 2.75) is 32.8 Å². The van der Waals surface area contributed by atoms with Crippen molar-refractivity contribution in [3.63, 3.8) is 0 Å². The Morgan fingerprint density at radius 1 is 1.40 bits per heavy atom. The van der Waals surface area contributed by atoms with Gasteiger partial charge in [0, 0.05) is 26.7 Å². The van der Waals surface area contributed by atoms with Gasteiger partial charge in [-0.15, -0.1) is 0 Å². The van der Waals surface area contributed by atoms with Crippen LogP contribution in [0.5, 0.6) is 6.01 Å². The Labute approximate surface area is 119 Å². The zero-order valence-corrected chi connectivity index (χ0v) is 12.3. The molecule has 1 fully saturated rings. The summed E-state index contributed by atoms with van der Waals surface area (Å²) in [6.07, 6.45) is 2.10. The third-order valence-electron chi connectivity index (χ3n) is 3.23. The van der Waals surface area contributed by atoms with Crippen LogP contribution >= 0.6 is 0 Å². The molecule has 0 amide bonds. The summed E-state index contributed by atoms with van der Waals surface area (Å²) in [5.74, 6) is 1.39. The summed E-state index contributed by atoms with van der Waals surface area (Å²) < 4.78 is 5.56. The standard InChI is InChI=1S/C13H23N5O2/c1-9(2)20-13-16-11(14-3)15-12(17-13)18-6-4-5-10(7-18)8-19/h9-10,19H,4-8H2,1-3H3,(H,14,15,16,17). The first-order valence-corrected chi connectivity index (χ1v) is 7.08. The van der Waals surface area contributed by atoms with Gasteiger partial charge in [-0.3, -0.25) is 0 Å². The van der Waals surface area contributed by atoms with E-state index in [1.807, 2.05) is 13.8 Å². The number of ether oxygens (including phenoxy) is 1. The normalized spacial score (nSPS) is 19.2. The molecule has 0 radical (unpaired) electrons. The number of nitrogens with zero attached hydrogens (tertiary/aromatic N) is 4. The lowest BCUT2D eigenvalue weighted by molar-refractivity contribution is 0.207. The SMILES string of the molecule is CNc1nc(OC(C)C)nc(N2CCCC(CO)C2)n1. The molecule has 7 heteroatoms. The molecule has 0 bridgehead atoms. The minimum Gasteiger partial charge on any atom is -0.461 e. The van der Waals surface area contributed by atoms with Crippen LogP contribution in [0.15, 0.2) is 0 Å². The number of aromatic nitrogens is 3. The lowest BCUT2D eigenvalue weighted by atomic mass is 9.99. The summed E-state index contributed by atoms with van der Waals surface area (Å²) in [6.45, 7) is 5.74. The van der Waals surface area contributed by atoms with E-state index < -0.39 is 0 Å². The van der Waals surface area contributed by atoms with Gasteiger partial charge in [0.05, 0.1) is 6.10 Å². The van der Waals surface area contributed by atoms with Crippen molar-refractivity contribution in [3.05, 3.63) is 0 Å². The van der Waals surface area contributed by atoms with Crippen LogP contribution < -0.4 is 15.0 Å². The van der Waals surface area contributed by atoms with Crippen LogP contribution in [0.2, 0.25) is 0 Å². The molecular weight excluding hydrogens is 258 g/mol. The molecule has 0 spiro atoms. The van der Waals surface area contributed by atoms with Gasteiger partial charge in [-0.25, -0.2) is 0 Å². The fraction of sp³-hybridized carbons (Fsp3) is 0.769. The van der Waals surface area contributed by atoms with Crippen LogP contribution in [0.25, 0.3) is 0 Å². The monoisotopic (exact) mass is 281 g/mol. The molecule has 1 atom stereocenters. The Bertz CT molecular complexity index is 441. The average molecular weight is 281 g/mol. The molecule has 1 aliphatic heterocycles. The van der Waals surface area contributed by atoms with Crippen LogP contribution in [0.1, 0.15) is 26.7 Å². The Balaban J connectivity index is 2.20. The van der Waals surface area contributed by atoms with Crippen LogP contribution in [-0.2, 0) is 0 Å². The third-order valence-corrected chi connectivity index (χ3v) is 3.23. The van der Waals surface area contributed by atoms with Gasteiger partial charge >= 0.3 is 6.01 Å². The van der Waals surface area contributed by atoms with Crippen LogP contribution in [-0.4, -0.2) is 52.9 Å². The largest absolute Gasteiger partial charge is 0.461 e. The van der Waals surface area contributed by atoms with E-state index in [2.05, 4.69) is 25.2 Å². The van der Waals surface area contributed by atoms with E-state index in [0.717, 1.165) is 25.9 Å². The first-order valence-electron chi connectivity index (χ1n) is 7.08. The number of rotatable bonds is 5. The van der Waals surface area contributed by atoms with Gasteiger partial charge in [-0.1, -0.05) is 0 Å². The highest BCUT2D eigenvalue weighted by Crippen LogP contribution is 2.22. The number of hydrogen-bond donors (Lipinski definition) is 2. The van der Waals surface area contributed by atoms with Crippen molar-refractivity contribution < 1.29 is 9.84 Å². The van der Waals surface area contributed by atoms with E-state index in [1.165, 1.54) is 0 Å². The number of piperidine rings is 1. The lowest BCUT2D eigenvalue weighted by Gasteiger charge is -2.31. The summed E-state index contributed by atoms with van der Waals surface area (Å²) in [4.78, 5) is 15.0. The summed E-state index contributed by atoms with van der Waals surface area (Å²) >= 11 is 0. The van der Waals surface area contributed by atoms with Crippen LogP contribution in [0.3, 0.4) is 0 Å². The molecule has 1 unspecified atom stereocenters. The first kappa shape index (κ1) is 14.8. The number of nitrogens with one attached hydrogen (secondary N) is 1. The molecule has 2 N–H and O–H groups in total. The topological polar surface area (TPSA) is 83.4 Å². The molecule has 0 saturated carbocycles. The lowest BCUT2D eigenvalue weighted by Crippen LogP contribution is -2.38. The summed E-state index contributed by atoms with van der Waals surface area (Å²) in [5.41, 5.74) is 0. The molecule has 112 valence electrons. The van der Waals surface area contributed by atoms with E-state index in [0.29, 0.717) is 17.9 Å². The summed E-state index contributed by atoms with van der Waals surface area (Å²) in [5, 5.41) is 12.2. The maximum atomic E-state index is 9.31. The fourth-order valence-electron chi connectivity index (χ4n) is 2.26. The fourth-order valence-corrected chi connectivity index (χ4v) is 2.26. The van der Waals surface area contributed by atoms with E-state index >= 15 is 0 Å². The van der Waals surface area contributed by atoms with E-state index in [4.69, 9.17) is 4.74 Å². The number of aliphatic hydroxyl groups excluding tert-OH is 1. The van der Waals surface area contributed by atoms with Crippen molar-refractivity contribution in [2.24, 2.45) is 5.92 Å². The van der Waals surface area contributed by atoms with Crippen molar-refractivity contribution >= 4 is 11.9 Å². The number of aliphatic hydroxyl groups is 1. The maximum Gasteiger partial charge on any atom is 0.323 e. The molecule has 1 aromatic rings. The minimum atomic E-state index is 0.0153. The highest BCUT2D eigenvalue weighted by Gasteiger charge is 2.22. The molecule has 7 nitrogen and oxygen atoms in total. The second-order valence-electron chi connectivity index (χ2n) is 5.30. The predicted octanol–water partition coefficient (Wildman–Crippen LogP) is 0.909. The Hall–Kier alpha value is -1.63. The van der Waals surface area contributed by atoms with Crippen molar-refractivity contribution in [1.29, 1.82) is 0 Å². The second kappa shape index (κ2) is 6.69. The highest BCUT2D eigenvalue weighted by atomic mass is 16.5. The van der Waals surface area contributed by atoms with Gasteiger partial charge in [0.1, 0.15) is 0 Å². The molecule has 20 heavy (non-hydrogen) atoms. The molecule has 2 heterocycles. The predicted molar refractivity (Wildman–Crippen MR) is 77.2 cm³/mol. The smallest absolute Gasteiger partial charge is 0.323 e. The minimum absolute atomic E-state index is 0.0153. The van der Waals surface area contributed by atoms with Gasteiger partial charge in [0.25, 0.3) is 0 Å². The highest BCUT2D eigenvalue weighted by molar-refractivity contribution is 5.38. The van der Waals surface area contributed by atoms with Crippen molar-refractivity contribution in [1.82, 2.24) is 15.0 Å². The van der Waals surface area contributed by atoms with Gasteiger partial charge in [-0.05, 0) is 32.6 Å². The van der Waals surface area contributed by atoms with Crippen LogP contribution in [0.4, 0.5) is 11.9 Å². The van der Waals surface area contributed by atoms with E-state index in [-0.39, 0.29) is 18.6 Å². The van der Waals surface area contributed by atoms with Gasteiger partial charge in [-0.2, -0.15) is 15.0 Å². The molecule has 1 aliphatic rings. The van der Waals surface area contributed by atoms with Gasteiger partial charge < -0.3 is 20.1 Å². The third kappa shape index (κ3) is 3.69. The van der Waals surface area contributed by atoms with Crippen molar-refractivity contribution in [2.75, 3.05) is 37.0 Å². The van der Waals surface area contributed by atoms with Gasteiger partial charge in [0.2, 0.25) is 11.9 Å². The van der Waals surface area contributed by atoms with Gasteiger partial charge in [0.15, 0.2) is 0 Å². The first-order chi connectivity index (χ1) is 9.62. The number of anilines is 2. The summed E-state index contributed by atoms with van der Waals surface area (Å²) in [6, 6.07) is 0.334. The average Bonchev–Trinajstić information content (AvgIpc) is 2.46. The van der Waals surface area contributed by atoms with Crippen LogP contribution in [0, 0.1) is 5.92 Å². The molecule has 1 aromatic heterocycles. The molecular formula is C13H23N5O2. The Morgan fingerprint density at radius 3 is 2.85 bits per heavy atom. The van der Waals surface area contributed by atoms with E-state index in [9.17, 15) is 5.11 Å². The summed E-state index contributed by atoms with van der Waals surface area (Å²) in [7, 11) is 1.77. The van der Waals surface area contributed by atoms with Crippen molar-refractivity contribution in [3.8, 4) is 6.01 Å². The number of hydrogen-bond acceptors (Lipinski definition) is 7. The quantitative estimate of drug-likeness (QED) is 0.830. The zero-order chi connectivity index (χ0) is 14.5.